The Bertz CT molecular complexity index is 867. The second kappa shape index (κ2) is 6.11. The number of imidazole rings is 1. The van der Waals surface area contributed by atoms with Crippen molar-refractivity contribution in [1.82, 2.24) is 14.5 Å². The van der Waals surface area contributed by atoms with Gasteiger partial charge in [-0.3, -0.25) is 0 Å². The molecule has 0 spiro atoms. The van der Waals surface area contributed by atoms with E-state index in [-0.39, 0.29) is 11.4 Å². The second-order valence-electron chi connectivity index (χ2n) is 6.66. The van der Waals surface area contributed by atoms with Crippen LogP contribution in [0.1, 0.15) is 26.5 Å². The van der Waals surface area contributed by atoms with Gasteiger partial charge >= 0.3 is 0 Å². The fourth-order valence-corrected chi connectivity index (χ4v) is 2.42. The Morgan fingerprint density at radius 1 is 1.17 bits per heavy atom. The van der Waals surface area contributed by atoms with Crippen LogP contribution in [0.3, 0.4) is 0 Å². The van der Waals surface area contributed by atoms with Crippen molar-refractivity contribution in [3.8, 4) is 5.88 Å². The lowest BCUT2D eigenvalue weighted by Gasteiger charge is -2.20. The molecule has 0 saturated heterocycles. The topological polar surface area (TPSA) is 52.0 Å². The van der Waals surface area contributed by atoms with Gasteiger partial charge in [0.1, 0.15) is 11.4 Å². The third kappa shape index (κ3) is 3.64. The number of pyridine rings is 1. The van der Waals surface area contributed by atoms with Crippen LogP contribution in [0.4, 0.5) is 10.3 Å². The molecule has 2 heterocycles. The van der Waals surface area contributed by atoms with Crippen molar-refractivity contribution in [3.05, 3.63) is 47.9 Å². The van der Waals surface area contributed by atoms with Gasteiger partial charge in [-0.25, -0.2) is 14.4 Å². The van der Waals surface area contributed by atoms with Crippen molar-refractivity contribution in [3.63, 3.8) is 0 Å². The van der Waals surface area contributed by atoms with Gasteiger partial charge in [-0.05, 0) is 45.0 Å². The molecule has 3 aromatic rings. The SMILES string of the molecule is Cn1c(NCc2cccc(OC(C)(C)C)n2)nc2ccc(F)cc21. The molecule has 0 bridgehead atoms. The fourth-order valence-electron chi connectivity index (χ4n) is 2.42. The van der Waals surface area contributed by atoms with E-state index in [2.05, 4.69) is 15.3 Å². The largest absolute Gasteiger partial charge is 0.472 e. The first-order chi connectivity index (χ1) is 11.3. The van der Waals surface area contributed by atoms with Crippen molar-refractivity contribution >= 4 is 17.0 Å². The van der Waals surface area contributed by atoms with Crippen LogP contribution < -0.4 is 10.1 Å². The summed E-state index contributed by atoms with van der Waals surface area (Å²) in [6.07, 6.45) is 0. The van der Waals surface area contributed by atoms with Crippen LogP contribution in [-0.4, -0.2) is 20.1 Å². The number of fused-ring (bicyclic) bond motifs is 1. The molecule has 5 nitrogen and oxygen atoms in total. The maximum Gasteiger partial charge on any atom is 0.214 e. The zero-order valence-electron chi connectivity index (χ0n) is 14.3. The normalized spacial score (nSPS) is 11.7. The summed E-state index contributed by atoms with van der Waals surface area (Å²) in [5, 5.41) is 3.24. The maximum absolute atomic E-state index is 13.4. The molecule has 24 heavy (non-hydrogen) atoms. The zero-order valence-corrected chi connectivity index (χ0v) is 14.3. The van der Waals surface area contributed by atoms with Crippen molar-refractivity contribution in [2.75, 3.05) is 5.32 Å². The Balaban J connectivity index is 1.76. The molecule has 0 aliphatic carbocycles. The third-order valence-electron chi connectivity index (χ3n) is 3.46. The van der Waals surface area contributed by atoms with E-state index >= 15 is 0 Å². The molecule has 0 aliphatic rings. The van der Waals surface area contributed by atoms with Crippen LogP contribution in [0, 0.1) is 5.82 Å². The van der Waals surface area contributed by atoms with Crippen LogP contribution in [-0.2, 0) is 13.6 Å². The lowest BCUT2D eigenvalue weighted by atomic mass is 10.2. The first-order valence-electron chi connectivity index (χ1n) is 7.83. The molecule has 0 saturated carbocycles. The van der Waals surface area contributed by atoms with E-state index in [1.165, 1.54) is 12.1 Å². The molecule has 0 atom stereocenters. The Labute approximate surface area is 140 Å². The first kappa shape index (κ1) is 16.2. The van der Waals surface area contributed by atoms with E-state index in [1.54, 1.807) is 6.07 Å². The summed E-state index contributed by atoms with van der Waals surface area (Å²) in [7, 11) is 1.85. The number of anilines is 1. The van der Waals surface area contributed by atoms with Crippen LogP contribution in [0.15, 0.2) is 36.4 Å². The molecule has 2 aromatic heterocycles. The smallest absolute Gasteiger partial charge is 0.214 e. The second-order valence-corrected chi connectivity index (χ2v) is 6.66. The van der Waals surface area contributed by atoms with Gasteiger partial charge in [-0.2, -0.15) is 0 Å². The van der Waals surface area contributed by atoms with Crippen LogP contribution >= 0.6 is 0 Å². The lowest BCUT2D eigenvalue weighted by Crippen LogP contribution is -2.23. The summed E-state index contributed by atoms with van der Waals surface area (Å²) in [6.45, 7) is 6.45. The highest BCUT2D eigenvalue weighted by molar-refractivity contribution is 5.78. The fraction of sp³-hybridized carbons (Fsp3) is 0.333. The number of nitrogens with zero attached hydrogens (tertiary/aromatic N) is 3. The standard InChI is InChI=1S/C18H21FN4O/c1-18(2,3)24-16-7-5-6-13(21-16)11-20-17-22-14-9-8-12(19)10-15(14)23(17)4/h5-10H,11H2,1-4H3,(H,20,22). The average molecular weight is 328 g/mol. The van der Waals surface area contributed by atoms with E-state index in [9.17, 15) is 4.39 Å². The van der Waals surface area contributed by atoms with Crippen molar-refractivity contribution in [2.24, 2.45) is 7.05 Å². The molecular weight excluding hydrogens is 307 g/mol. The van der Waals surface area contributed by atoms with E-state index in [0.29, 0.717) is 18.4 Å². The van der Waals surface area contributed by atoms with Crippen LogP contribution in [0.25, 0.3) is 11.0 Å². The molecular formula is C18H21FN4O. The summed E-state index contributed by atoms with van der Waals surface area (Å²) in [5.74, 6) is 0.985. The number of halogens is 1. The number of benzene rings is 1. The number of rotatable bonds is 4. The minimum atomic E-state index is -0.291. The Morgan fingerprint density at radius 3 is 2.71 bits per heavy atom. The molecule has 0 fully saturated rings. The highest BCUT2D eigenvalue weighted by atomic mass is 19.1. The van der Waals surface area contributed by atoms with E-state index in [0.717, 1.165) is 16.7 Å². The number of aromatic nitrogens is 3. The minimum Gasteiger partial charge on any atom is -0.472 e. The molecule has 0 amide bonds. The highest BCUT2D eigenvalue weighted by Gasteiger charge is 2.13. The predicted octanol–water partition coefficient (Wildman–Crippen LogP) is 3.90. The molecule has 1 N–H and O–H groups in total. The minimum absolute atomic E-state index is 0.272. The summed E-state index contributed by atoms with van der Waals surface area (Å²) >= 11 is 0. The van der Waals surface area contributed by atoms with Gasteiger partial charge < -0.3 is 14.6 Å². The molecule has 0 aliphatic heterocycles. The maximum atomic E-state index is 13.4. The Kier molecular flexibility index (Phi) is 4.13. The molecule has 1 aromatic carbocycles. The van der Waals surface area contributed by atoms with Crippen LogP contribution in [0.2, 0.25) is 0 Å². The van der Waals surface area contributed by atoms with Gasteiger partial charge in [0, 0.05) is 13.1 Å². The van der Waals surface area contributed by atoms with Gasteiger partial charge in [-0.15, -0.1) is 0 Å². The number of ether oxygens (including phenoxy) is 1. The van der Waals surface area contributed by atoms with Crippen molar-refractivity contribution in [1.29, 1.82) is 0 Å². The van der Waals surface area contributed by atoms with Gasteiger partial charge in [-0.1, -0.05) is 6.07 Å². The van der Waals surface area contributed by atoms with Gasteiger partial charge in [0.25, 0.3) is 0 Å². The van der Waals surface area contributed by atoms with Crippen LogP contribution in [0.5, 0.6) is 5.88 Å². The highest BCUT2D eigenvalue weighted by Crippen LogP contribution is 2.20. The lowest BCUT2D eigenvalue weighted by molar-refractivity contribution is 0.124. The molecule has 0 radical (unpaired) electrons. The van der Waals surface area contributed by atoms with Gasteiger partial charge in [0.15, 0.2) is 0 Å². The van der Waals surface area contributed by atoms with Crippen molar-refractivity contribution in [2.45, 2.75) is 32.9 Å². The summed E-state index contributed by atoms with van der Waals surface area (Å²) in [5.41, 5.74) is 2.05. The molecule has 0 unspecified atom stereocenters. The average Bonchev–Trinajstić information content (AvgIpc) is 2.80. The Morgan fingerprint density at radius 2 is 1.96 bits per heavy atom. The summed E-state index contributed by atoms with van der Waals surface area (Å²) in [6, 6.07) is 10.2. The van der Waals surface area contributed by atoms with E-state index in [1.807, 2.05) is 50.6 Å². The van der Waals surface area contributed by atoms with Gasteiger partial charge in [0.05, 0.1) is 23.3 Å². The summed E-state index contributed by atoms with van der Waals surface area (Å²) < 4.78 is 21.0. The number of hydrogen-bond donors (Lipinski definition) is 1. The third-order valence-corrected chi connectivity index (χ3v) is 3.46. The van der Waals surface area contributed by atoms with Crippen molar-refractivity contribution < 1.29 is 9.13 Å². The molecule has 3 rings (SSSR count). The quantitative estimate of drug-likeness (QED) is 0.789. The monoisotopic (exact) mass is 328 g/mol. The molecule has 126 valence electrons. The van der Waals surface area contributed by atoms with E-state index in [4.69, 9.17) is 4.74 Å². The Hall–Kier alpha value is -2.63. The summed E-state index contributed by atoms with van der Waals surface area (Å²) in [4.78, 5) is 8.97. The zero-order chi connectivity index (χ0) is 17.3. The molecule has 6 heteroatoms. The number of nitrogens with one attached hydrogen (secondary N) is 1. The van der Waals surface area contributed by atoms with Gasteiger partial charge in [0.2, 0.25) is 11.8 Å². The predicted molar refractivity (Wildman–Crippen MR) is 92.6 cm³/mol. The van der Waals surface area contributed by atoms with E-state index < -0.39 is 0 Å². The number of aryl methyl sites for hydroxylation is 1. The number of hydrogen-bond acceptors (Lipinski definition) is 4. The first-order valence-corrected chi connectivity index (χ1v) is 7.83.